The first-order valence-corrected chi connectivity index (χ1v) is 11.7. The normalized spacial score (nSPS) is 25.0. The summed E-state index contributed by atoms with van der Waals surface area (Å²) in [5, 5.41) is 33.1. The highest BCUT2D eigenvalue weighted by molar-refractivity contribution is 5.86. The van der Waals surface area contributed by atoms with Crippen LogP contribution in [0.3, 0.4) is 0 Å². The van der Waals surface area contributed by atoms with Gasteiger partial charge in [0.1, 0.15) is 5.75 Å². The van der Waals surface area contributed by atoms with E-state index in [9.17, 15) is 20.1 Å². The van der Waals surface area contributed by atoms with E-state index in [1.54, 1.807) is 11.8 Å². The van der Waals surface area contributed by atoms with Crippen molar-refractivity contribution in [3.63, 3.8) is 0 Å². The molecule has 0 saturated carbocycles. The third-order valence-corrected chi connectivity index (χ3v) is 8.09. The molecule has 5 rings (SSSR count). The van der Waals surface area contributed by atoms with Gasteiger partial charge in [0.25, 0.3) is 0 Å². The van der Waals surface area contributed by atoms with Gasteiger partial charge in [0.15, 0.2) is 23.0 Å². The number of fused-ring (bicyclic) bond motifs is 7. The number of piperazine rings is 1. The van der Waals surface area contributed by atoms with Crippen molar-refractivity contribution >= 4 is 5.91 Å². The quantitative estimate of drug-likeness (QED) is 0.605. The molecule has 9 heteroatoms. The number of amides is 1. The van der Waals surface area contributed by atoms with Crippen molar-refractivity contribution in [2.24, 2.45) is 0 Å². The summed E-state index contributed by atoms with van der Waals surface area (Å²) in [5.74, 6) is 1.25. The lowest BCUT2D eigenvalue weighted by Crippen LogP contribution is -2.66. The Labute approximate surface area is 204 Å². The lowest BCUT2D eigenvalue weighted by molar-refractivity contribution is -0.158. The number of likely N-dealkylation sites (N-methyl/N-ethyl adjacent to an activating group) is 1. The Morgan fingerprint density at radius 3 is 2.23 bits per heavy atom. The van der Waals surface area contributed by atoms with E-state index in [1.807, 2.05) is 24.9 Å². The smallest absolute Gasteiger partial charge is 0.241 e. The molecule has 1 amide bonds. The molecule has 4 atom stereocenters. The molecule has 1 fully saturated rings. The van der Waals surface area contributed by atoms with E-state index >= 15 is 0 Å². The van der Waals surface area contributed by atoms with Crippen LogP contribution in [0.5, 0.6) is 28.7 Å². The second kappa shape index (κ2) is 8.20. The maximum Gasteiger partial charge on any atom is 0.241 e. The third kappa shape index (κ3) is 2.97. The lowest BCUT2D eigenvalue weighted by atomic mass is 9.73. The number of carbonyl (C=O) groups is 1. The van der Waals surface area contributed by atoms with Crippen molar-refractivity contribution < 1.29 is 34.3 Å². The van der Waals surface area contributed by atoms with E-state index in [4.69, 9.17) is 14.2 Å². The Balaban J connectivity index is 1.77. The number of rotatable bonds is 4. The summed E-state index contributed by atoms with van der Waals surface area (Å²) in [7, 11) is 6.43. The first-order chi connectivity index (χ1) is 16.7. The van der Waals surface area contributed by atoms with Crippen LogP contribution in [0.4, 0.5) is 0 Å². The van der Waals surface area contributed by atoms with E-state index in [0.29, 0.717) is 46.8 Å². The molecule has 3 N–H and O–H groups in total. The molecule has 35 heavy (non-hydrogen) atoms. The number of nitrogens with zero attached hydrogens (tertiary/aromatic N) is 2. The monoisotopic (exact) mass is 484 g/mol. The summed E-state index contributed by atoms with van der Waals surface area (Å²) < 4.78 is 16.7. The Kier molecular flexibility index (Phi) is 5.52. The fraction of sp³-hybridized carbons (Fsp3) is 0.500. The molecule has 3 aliphatic heterocycles. The number of hydrogen-bond donors (Lipinski definition) is 3. The van der Waals surface area contributed by atoms with Gasteiger partial charge in [-0.1, -0.05) is 6.07 Å². The van der Waals surface area contributed by atoms with Gasteiger partial charge in [0.2, 0.25) is 5.91 Å². The molecule has 3 heterocycles. The van der Waals surface area contributed by atoms with Crippen LogP contribution < -0.4 is 14.2 Å². The van der Waals surface area contributed by atoms with Crippen LogP contribution in [0.1, 0.15) is 45.5 Å². The first kappa shape index (κ1) is 23.6. The van der Waals surface area contributed by atoms with E-state index in [2.05, 4.69) is 0 Å². The van der Waals surface area contributed by atoms with E-state index in [-0.39, 0.29) is 30.1 Å². The summed E-state index contributed by atoms with van der Waals surface area (Å²) in [4.78, 5) is 17.6. The molecule has 9 nitrogen and oxygen atoms in total. The number of phenolic OH excluding ortho intramolecular Hbond substituents is 2. The second-order valence-corrected chi connectivity index (χ2v) is 9.63. The summed E-state index contributed by atoms with van der Waals surface area (Å²) in [6.45, 7) is 3.28. The minimum Gasteiger partial charge on any atom is -0.507 e. The topological polar surface area (TPSA) is 112 Å². The van der Waals surface area contributed by atoms with Gasteiger partial charge in [0.05, 0.1) is 52.1 Å². The van der Waals surface area contributed by atoms with Crippen LogP contribution in [-0.4, -0.2) is 78.1 Å². The molecule has 1 unspecified atom stereocenters. The predicted octanol–water partition coefficient (Wildman–Crippen LogP) is 2.14. The standard InChI is InChI=1S/C26H32N2O7/c1-11-7-13-8-16-26(32)28-15(20(27(16)3)18(13)22(31)23(11)33-4)9-14-19(17(28)10-29)25(35-6)24(34-5)12(2)21(14)30/h7,15-17,20,29-31H,8-10H2,1-6H3/t15?,16-,17-,20+/m0/s1. The molecule has 0 radical (unpaired) electrons. The number of hydrogen-bond acceptors (Lipinski definition) is 8. The van der Waals surface area contributed by atoms with Gasteiger partial charge in [-0.25, -0.2) is 0 Å². The zero-order chi connectivity index (χ0) is 25.3. The van der Waals surface area contributed by atoms with E-state index < -0.39 is 18.1 Å². The van der Waals surface area contributed by atoms with Gasteiger partial charge < -0.3 is 34.4 Å². The van der Waals surface area contributed by atoms with Crippen molar-refractivity contribution in [3.8, 4) is 28.7 Å². The van der Waals surface area contributed by atoms with Crippen LogP contribution in [0, 0.1) is 13.8 Å². The number of carbonyl (C=O) groups excluding carboxylic acids is 1. The number of aromatic hydroxyl groups is 2. The van der Waals surface area contributed by atoms with E-state index in [0.717, 1.165) is 16.7 Å². The zero-order valence-electron chi connectivity index (χ0n) is 20.9. The second-order valence-electron chi connectivity index (χ2n) is 9.63. The number of phenols is 2. The zero-order valence-corrected chi connectivity index (χ0v) is 20.9. The number of methoxy groups -OCH3 is 3. The van der Waals surface area contributed by atoms with Crippen LogP contribution in [0.25, 0.3) is 0 Å². The molecule has 2 aromatic rings. The van der Waals surface area contributed by atoms with Gasteiger partial charge >= 0.3 is 0 Å². The molecule has 3 aliphatic rings. The minimum atomic E-state index is -0.735. The van der Waals surface area contributed by atoms with Crippen molar-refractivity contribution in [1.82, 2.24) is 9.80 Å². The van der Waals surface area contributed by atoms with Crippen molar-refractivity contribution in [1.29, 1.82) is 0 Å². The van der Waals surface area contributed by atoms with Gasteiger partial charge in [-0.15, -0.1) is 0 Å². The number of aliphatic hydroxyl groups excluding tert-OH is 1. The SMILES string of the molecule is COc1c(C)cc2c(c1O)[C@H]1C3Cc4c(O)c(C)c(OC)c(OC)c4[C@H](CO)N3C(=O)[C@H](C2)N1C. The Morgan fingerprint density at radius 1 is 0.971 bits per heavy atom. The fourth-order valence-corrected chi connectivity index (χ4v) is 6.61. The summed E-state index contributed by atoms with van der Waals surface area (Å²) in [6, 6.07) is 0.0135. The average molecular weight is 485 g/mol. The minimum absolute atomic E-state index is 0.0646. The van der Waals surface area contributed by atoms with Gasteiger partial charge in [-0.05, 0) is 44.9 Å². The molecule has 0 aliphatic carbocycles. The summed E-state index contributed by atoms with van der Waals surface area (Å²) in [5.41, 5.74) is 4.17. The number of benzene rings is 2. The van der Waals surface area contributed by atoms with Crippen LogP contribution in [0.2, 0.25) is 0 Å². The molecule has 2 bridgehead atoms. The van der Waals surface area contributed by atoms with E-state index in [1.165, 1.54) is 21.3 Å². The lowest BCUT2D eigenvalue weighted by Gasteiger charge is -2.57. The Hall–Kier alpha value is -3.17. The van der Waals surface area contributed by atoms with Gasteiger partial charge in [-0.2, -0.15) is 0 Å². The summed E-state index contributed by atoms with van der Waals surface area (Å²) in [6.07, 6.45) is 0.759. The number of aliphatic hydroxyl groups is 1. The highest BCUT2D eigenvalue weighted by Gasteiger charge is 2.55. The molecular weight excluding hydrogens is 452 g/mol. The maximum absolute atomic E-state index is 13.9. The first-order valence-electron chi connectivity index (χ1n) is 11.7. The number of aryl methyl sites for hydroxylation is 1. The highest BCUT2D eigenvalue weighted by Crippen LogP contribution is 2.56. The molecule has 0 aromatic heterocycles. The fourth-order valence-electron chi connectivity index (χ4n) is 6.61. The van der Waals surface area contributed by atoms with Gasteiger partial charge in [-0.3, -0.25) is 9.69 Å². The maximum atomic E-state index is 13.9. The van der Waals surface area contributed by atoms with Gasteiger partial charge in [0, 0.05) is 22.3 Å². The molecule has 188 valence electrons. The third-order valence-electron chi connectivity index (χ3n) is 8.09. The Bertz CT molecular complexity index is 1230. The predicted molar refractivity (Wildman–Crippen MR) is 128 cm³/mol. The van der Waals surface area contributed by atoms with Crippen molar-refractivity contribution in [2.45, 2.75) is 50.9 Å². The van der Waals surface area contributed by atoms with Crippen molar-refractivity contribution in [3.05, 3.63) is 39.4 Å². The molecule has 2 aromatic carbocycles. The largest absolute Gasteiger partial charge is 0.507 e. The van der Waals surface area contributed by atoms with Crippen molar-refractivity contribution in [2.75, 3.05) is 35.0 Å². The number of ether oxygens (including phenoxy) is 3. The molecule has 0 spiro atoms. The Morgan fingerprint density at radius 2 is 1.63 bits per heavy atom. The van der Waals surface area contributed by atoms with Crippen LogP contribution in [0.15, 0.2) is 6.07 Å². The molecule has 1 saturated heterocycles. The van der Waals surface area contributed by atoms with Crippen LogP contribution in [-0.2, 0) is 17.6 Å². The van der Waals surface area contributed by atoms with Crippen LogP contribution >= 0.6 is 0 Å². The molecular formula is C26H32N2O7. The highest BCUT2D eigenvalue weighted by atomic mass is 16.5. The summed E-state index contributed by atoms with van der Waals surface area (Å²) >= 11 is 0. The average Bonchev–Trinajstić information content (AvgIpc) is 2.83.